The normalized spacial score (nSPS) is 12.4. The number of hydrogen-bond donors (Lipinski definition) is 0. The highest BCUT2D eigenvalue weighted by Crippen LogP contribution is 2.22. The third-order valence-corrected chi connectivity index (χ3v) is 4.47. The summed E-state index contributed by atoms with van der Waals surface area (Å²) in [6, 6.07) is 4.71. The smallest absolute Gasteiger partial charge is 0.261 e. The lowest BCUT2D eigenvalue weighted by molar-refractivity contribution is -0.130. The molecule has 0 aliphatic heterocycles. The molecule has 0 bridgehead atoms. The van der Waals surface area contributed by atoms with Crippen LogP contribution in [0, 0.1) is 0 Å². The Hall–Kier alpha value is -1.59. The maximum absolute atomic E-state index is 12.8. The highest BCUT2D eigenvalue weighted by atomic mass is 35.5. The number of halogens is 2. The second-order valence-electron chi connectivity index (χ2n) is 5.58. The lowest BCUT2D eigenvalue weighted by Gasteiger charge is -2.29. The van der Waals surface area contributed by atoms with Gasteiger partial charge in [0.1, 0.15) is 11.7 Å². The maximum atomic E-state index is 12.8. The first-order valence-corrected chi connectivity index (χ1v) is 8.91. The van der Waals surface area contributed by atoms with Crippen LogP contribution in [0.1, 0.15) is 39.1 Å². The quantitative estimate of drug-likeness (QED) is 0.730. The van der Waals surface area contributed by atoms with Crippen molar-refractivity contribution in [3.05, 3.63) is 39.4 Å². The number of carbonyl (C=O) groups is 1. The van der Waals surface area contributed by atoms with E-state index in [-0.39, 0.29) is 23.4 Å². The lowest BCUT2D eigenvalue weighted by Crippen LogP contribution is -2.38. The molecule has 2 rings (SSSR count). The summed E-state index contributed by atoms with van der Waals surface area (Å²) in [5, 5.41) is 0.973. The van der Waals surface area contributed by atoms with Crippen LogP contribution in [0.4, 0.5) is 0 Å². The predicted octanol–water partition coefficient (Wildman–Crippen LogP) is 3.61. The molecule has 1 aromatic carbocycles. The van der Waals surface area contributed by atoms with E-state index in [2.05, 4.69) is 4.98 Å². The Labute approximate surface area is 151 Å². The predicted molar refractivity (Wildman–Crippen MR) is 97.8 cm³/mol. The first-order valence-electron chi connectivity index (χ1n) is 8.00. The van der Waals surface area contributed by atoms with Crippen molar-refractivity contribution in [2.75, 3.05) is 12.4 Å². The van der Waals surface area contributed by atoms with Crippen molar-refractivity contribution in [2.45, 2.75) is 39.8 Å². The Morgan fingerprint density at radius 3 is 2.67 bits per heavy atom. The molecule has 0 N–H and O–H groups in total. The van der Waals surface area contributed by atoms with Gasteiger partial charge in [-0.3, -0.25) is 14.2 Å². The average Bonchev–Trinajstić information content (AvgIpc) is 2.58. The van der Waals surface area contributed by atoms with Gasteiger partial charge in [0, 0.05) is 18.1 Å². The van der Waals surface area contributed by atoms with E-state index in [1.807, 2.05) is 20.8 Å². The van der Waals surface area contributed by atoms with Gasteiger partial charge >= 0.3 is 0 Å². The third-order valence-electron chi connectivity index (χ3n) is 4.00. The molecule has 0 spiro atoms. The van der Waals surface area contributed by atoms with Gasteiger partial charge in [0.15, 0.2) is 0 Å². The molecule has 1 atom stereocenters. The van der Waals surface area contributed by atoms with Crippen LogP contribution < -0.4 is 5.56 Å². The van der Waals surface area contributed by atoms with Gasteiger partial charge in [0.2, 0.25) is 5.91 Å². The van der Waals surface area contributed by atoms with Crippen molar-refractivity contribution in [3.63, 3.8) is 0 Å². The fourth-order valence-corrected chi connectivity index (χ4v) is 3.15. The Morgan fingerprint density at radius 2 is 2.08 bits per heavy atom. The topological polar surface area (TPSA) is 55.2 Å². The summed E-state index contributed by atoms with van der Waals surface area (Å²) in [5.74, 6) is 0.299. The number of hydrogen-bond acceptors (Lipinski definition) is 3. The fraction of sp³-hybridized carbons (Fsp3) is 0.471. The summed E-state index contributed by atoms with van der Waals surface area (Å²) < 4.78 is 1.59. The van der Waals surface area contributed by atoms with Gasteiger partial charge in [-0.05, 0) is 38.5 Å². The van der Waals surface area contributed by atoms with E-state index < -0.39 is 0 Å². The molecule has 1 aromatic heterocycles. The Morgan fingerprint density at radius 1 is 1.38 bits per heavy atom. The number of nitrogens with zero attached hydrogens (tertiary/aromatic N) is 3. The molecule has 2 aromatic rings. The zero-order chi connectivity index (χ0) is 17.9. The molecule has 1 unspecified atom stereocenters. The minimum absolute atomic E-state index is 0.0934. The van der Waals surface area contributed by atoms with Crippen LogP contribution in [0.2, 0.25) is 5.02 Å². The largest absolute Gasteiger partial charge is 0.332 e. The second kappa shape index (κ2) is 7.99. The minimum Gasteiger partial charge on any atom is -0.332 e. The first kappa shape index (κ1) is 18.7. The van der Waals surface area contributed by atoms with E-state index in [9.17, 15) is 9.59 Å². The van der Waals surface area contributed by atoms with E-state index in [1.54, 1.807) is 27.7 Å². The number of fused-ring (bicyclic) bond motifs is 1. The van der Waals surface area contributed by atoms with E-state index in [4.69, 9.17) is 23.2 Å². The van der Waals surface area contributed by atoms with Crippen LogP contribution >= 0.6 is 23.2 Å². The Kier molecular flexibility index (Phi) is 6.24. The van der Waals surface area contributed by atoms with Gasteiger partial charge in [-0.1, -0.05) is 18.5 Å². The lowest BCUT2D eigenvalue weighted by atomic mass is 10.2. The van der Waals surface area contributed by atoms with Crippen molar-refractivity contribution < 1.29 is 4.79 Å². The highest BCUT2D eigenvalue weighted by Gasteiger charge is 2.24. The molecule has 130 valence electrons. The van der Waals surface area contributed by atoms with Crippen LogP contribution in [0.5, 0.6) is 0 Å². The minimum atomic E-state index is -0.344. The van der Waals surface area contributed by atoms with Gasteiger partial charge in [-0.25, -0.2) is 4.98 Å². The molecule has 0 saturated carbocycles. The van der Waals surface area contributed by atoms with Gasteiger partial charge in [-0.15, -0.1) is 11.6 Å². The molecular formula is C17H21Cl2N3O2. The molecule has 0 radical (unpaired) electrons. The average molecular weight is 370 g/mol. The number of alkyl halides is 1. The fourth-order valence-electron chi connectivity index (χ4n) is 2.83. The van der Waals surface area contributed by atoms with Crippen LogP contribution in [0.25, 0.3) is 10.9 Å². The van der Waals surface area contributed by atoms with Gasteiger partial charge in [0.05, 0.1) is 16.9 Å². The zero-order valence-corrected chi connectivity index (χ0v) is 15.6. The maximum Gasteiger partial charge on any atom is 0.261 e. The summed E-state index contributed by atoms with van der Waals surface area (Å²) in [6.45, 7) is 6.76. The number of rotatable bonds is 6. The van der Waals surface area contributed by atoms with Crippen molar-refractivity contribution >= 4 is 40.0 Å². The highest BCUT2D eigenvalue weighted by molar-refractivity contribution is 6.31. The molecule has 1 heterocycles. The second-order valence-corrected chi connectivity index (χ2v) is 6.28. The first-order chi connectivity index (χ1) is 11.4. The summed E-state index contributed by atoms with van der Waals surface area (Å²) in [7, 11) is 0. The van der Waals surface area contributed by atoms with Crippen LogP contribution in [0.15, 0.2) is 23.0 Å². The Balaban J connectivity index is 2.63. The molecule has 24 heavy (non-hydrogen) atoms. The summed E-state index contributed by atoms with van der Waals surface area (Å²) in [5.41, 5.74) is 0.423. The van der Waals surface area contributed by atoms with Crippen molar-refractivity contribution in [1.82, 2.24) is 14.5 Å². The summed E-state index contributed by atoms with van der Waals surface area (Å²) in [6.07, 6.45) is 0.798. The van der Waals surface area contributed by atoms with Crippen LogP contribution in [0.3, 0.4) is 0 Å². The molecule has 5 nitrogen and oxygen atoms in total. The van der Waals surface area contributed by atoms with E-state index in [1.165, 1.54) is 0 Å². The van der Waals surface area contributed by atoms with Gasteiger partial charge < -0.3 is 4.90 Å². The van der Waals surface area contributed by atoms with Crippen molar-refractivity contribution in [1.29, 1.82) is 0 Å². The van der Waals surface area contributed by atoms with E-state index in [0.29, 0.717) is 34.8 Å². The Bertz CT molecular complexity index is 804. The molecule has 7 heteroatoms. The van der Waals surface area contributed by atoms with Gasteiger partial charge in [-0.2, -0.15) is 0 Å². The summed E-state index contributed by atoms with van der Waals surface area (Å²) in [4.78, 5) is 31.3. The molecule has 0 fully saturated rings. The standard InChI is InChI=1S/C17H21Cl2N3O2/c1-4-8-22(15(23)10-18)11(3)16-20-14-7-6-12(19)9-13(14)17(24)21(16)5-2/h6-7,9,11H,4-5,8,10H2,1-3H3. The van der Waals surface area contributed by atoms with Crippen LogP contribution in [-0.2, 0) is 11.3 Å². The monoisotopic (exact) mass is 369 g/mol. The number of benzene rings is 1. The third kappa shape index (κ3) is 3.57. The number of aromatic nitrogens is 2. The van der Waals surface area contributed by atoms with E-state index >= 15 is 0 Å². The zero-order valence-electron chi connectivity index (χ0n) is 14.1. The molecular weight excluding hydrogens is 349 g/mol. The SMILES string of the molecule is CCCN(C(=O)CCl)C(C)c1nc2ccc(Cl)cc2c(=O)n1CC. The van der Waals surface area contributed by atoms with E-state index in [0.717, 1.165) is 6.42 Å². The molecule has 0 saturated heterocycles. The molecule has 0 aliphatic carbocycles. The summed E-state index contributed by atoms with van der Waals surface area (Å²) >= 11 is 11.7. The molecule has 0 aliphatic rings. The van der Waals surface area contributed by atoms with Crippen LogP contribution in [-0.4, -0.2) is 32.8 Å². The number of carbonyl (C=O) groups excluding carboxylic acids is 1. The molecule has 1 amide bonds. The number of amides is 1. The van der Waals surface area contributed by atoms with Crippen molar-refractivity contribution in [2.24, 2.45) is 0 Å². The van der Waals surface area contributed by atoms with Crippen molar-refractivity contribution in [3.8, 4) is 0 Å². The van der Waals surface area contributed by atoms with Gasteiger partial charge in [0.25, 0.3) is 5.56 Å².